The molecule has 1 N–H and O–H groups in total. The van der Waals surface area contributed by atoms with E-state index in [2.05, 4.69) is 19.2 Å². The summed E-state index contributed by atoms with van der Waals surface area (Å²) in [5, 5.41) is 3.36. The summed E-state index contributed by atoms with van der Waals surface area (Å²) in [6, 6.07) is 2.01. The minimum atomic E-state index is 0.0959. The van der Waals surface area contributed by atoms with Crippen LogP contribution in [0, 0.1) is 13.8 Å². The van der Waals surface area contributed by atoms with E-state index in [4.69, 9.17) is 14.2 Å². The summed E-state index contributed by atoms with van der Waals surface area (Å²) < 4.78 is 16.7. The molecule has 1 unspecified atom stereocenters. The molecule has 0 aliphatic carbocycles. The van der Waals surface area contributed by atoms with Gasteiger partial charge in [0.25, 0.3) is 0 Å². The molecular weight excluding hydrogens is 230 g/mol. The standard InChI is InChI=1S/C14H21NO3/c1-9-7-11(16-3)14(17-4)10(2)13(9)12-8-15-5-6-18-12/h7,12,15H,5-6,8H2,1-4H3. The van der Waals surface area contributed by atoms with Crippen LogP contribution in [0.2, 0.25) is 0 Å². The molecule has 4 nitrogen and oxygen atoms in total. The summed E-state index contributed by atoms with van der Waals surface area (Å²) in [7, 11) is 3.33. The summed E-state index contributed by atoms with van der Waals surface area (Å²) in [4.78, 5) is 0. The molecule has 0 radical (unpaired) electrons. The Morgan fingerprint density at radius 3 is 2.61 bits per heavy atom. The second-order valence-electron chi connectivity index (χ2n) is 4.53. The molecule has 100 valence electrons. The number of benzene rings is 1. The summed E-state index contributed by atoms with van der Waals surface area (Å²) >= 11 is 0. The normalized spacial score (nSPS) is 19.7. The van der Waals surface area contributed by atoms with Crippen molar-refractivity contribution in [2.45, 2.75) is 20.0 Å². The van der Waals surface area contributed by atoms with Crippen molar-refractivity contribution in [2.24, 2.45) is 0 Å². The molecule has 0 spiro atoms. The van der Waals surface area contributed by atoms with Crippen LogP contribution in [-0.2, 0) is 4.74 Å². The van der Waals surface area contributed by atoms with E-state index in [1.54, 1.807) is 14.2 Å². The Kier molecular flexibility index (Phi) is 4.09. The Morgan fingerprint density at radius 1 is 1.28 bits per heavy atom. The third-order valence-electron chi connectivity index (χ3n) is 3.41. The summed E-state index contributed by atoms with van der Waals surface area (Å²) in [5.41, 5.74) is 3.49. The molecule has 1 aromatic carbocycles. The van der Waals surface area contributed by atoms with Crippen LogP contribution >= 0.6 is 0 Å². The zero-order valence-electron chi connectivity index (χ0n) is 11.5. The fourth-order valence-electron chi connectivity index (χ4n) is 2.59. The fraction of sp³-hybridized carbons (Fsp3) is 0.571. The lowest BCUT2D eigenvalue weighted by Gasteiger charge is -2.28. The summed E-state index contributed by atoms with van der Waals surface area (Å²) in [6.07, 6.45) is 0.0959. The van der Waals surface area contributed by atoms with Gasteiger partial charge >= 0.3 is 0 Å². The van der Waals surface area contributed by atoms with Crippen molar-refractivity contribution in [3.8, 4) is 11.5 Å². The SMILES string of the molecule is COc1cc(C)c(C2CNCCO2)c(C)c1OC. The molecule has 0 bridgehead atoms. The molecule has 1 saturated heterocycles. The minimum Gasteiger partial charge on any atom is -0.493 e. The van der Waals surface area contributed by atoms with E-state index in [1.807, 2.05) is 6.07 Å². The Labute approximate surface area is 108 Å². The highest BCUT2D eigenvalue weighted by Gasteiger charge is 2.23. The van der Waals surface area contributed by atoms with Crippen LogP contribution in [0.15, 0.2) is 6.07 Å². The number of methoxy groups -OCH3 is 2. The largest absolute Gasteiger partial charge is 0.493 e. The summed E-state index contributed by atoms with van der Waals surface area (Å²) in [6.45, 7) is 6.65. The van der Waals surface area contributed by atoms with Crippen LogP contribution < -0.4 is 14.8 Å². The Morgan fingerprint density at radius 2 is 2.06 bits per heavy atom. The first-order valence-electron chi connectivity index (χ1n) is 6.23. The maximum atomic E-state index is 5.84. The monoisotopic (exact) mass is 251 g/mol. The average Bonchev–Trinajstić information content (AvgIpc) is 2.39. The highest BCUT2D eigenvalue weighted by Crippen LogP contribution is 2.38. The second kappa shape index (κ2) is 5.59. The van der Waals surface area contributed by atoms with Crippen molar-refractivity contribution in [1.82, 2.24) is 5.32 Å². The molecule has 0 amide bonds. The quantitative estimate of drug-likeness (QED) is 0.891. The molecule has 2 rings (SSSR count). The molecule has 18 heavy (non-hydrogen) atoms. The molecule has 1 atom stereocenters. The Hall–Kier alpha value is -1.26. The summed E-state index contributed by atoms with van der Waals surface area (Å²) in [5.74, 6) is 1.58. The van der Waals surface area contributed by atoms with Gasteiger partial charge in [-0.1, -0.05) is 0 Å². The van der Waals surface area contributed by atoms with E-state index >= 15 is 0 Å². The molecule has 1 fully saturated rings. The van der Waals surface area contributed by atoms with Crippen molar-refractivity contribution < 1.29 is 14.2 Å². The van der Waals surface area contributed by atoms with Gasteiger partial charge in [-0.3, -0.25) is 0 Å². The zero-order valence-corrected chi connectivity index (χ0v) is 11.5. The van der Waals surface area contributed by atoms with Gasteiger partial charge in [0.15, 0.2) is 11.5 Å². The van der Waals surface area contributed by atoms with E-state index in [9.17, 15) is 0 Å². The molecule has 1 aliphatic rings. The molecule has 1 heterocycles. The van der Waals surface area contributed by atoms with E-state index in [0.29, 0.717) is 0 Å². The predicted octanol–water partition coefficient (Wildman–Crippen LogP) is 1.98. The van der Waals surface area contributed by atoms with Gasteiger partial charge in [-0.25, -0.2) is 0 Å². The van der Waals surface area contributed by atoms with E-state index in [1.165, 1.54) is 11.1 Å². The van der Waals surface area contributed by atoms with Gasteiger partial charge in [0, 0.05) is 18.7 Å². The van der Waals surface area contributed by atoms with Gasteiger partial charge in [0.1, 0.15) is 0 Å². The first-order valence-corrected chi connectivity index (χ1v) is 6.23. The molecular formula is C14H21NO3. The third kappa shape index (κ3) is 2.31. The highest BCUT2D eigenvalue weighted by atomic mass is 16.5. The van der Waals surface area contributed by atoms with Crippen LogP contribution in [-0.4, -0.2) is 33.9 Å². The smallest absolute Gasteiger partial charge is 0.164 e. The first kappa shape index (κ1) is 13.2. The third-order valence-corrected chi connectivity index (χ3v) is 3.41. The van der Waals surface area contributed by atoms with E-state index in [0.717, 1.165) is 36.8 Å². The Balaban J connectivity index is 2.46. The Bertz CT molecular complexity index is 426. The van der Waals surface area contributed by atoms with Crippen LogP contribution in [0.3, 0.4) is 0 Å². The molecule has 1 aliphatic heterocycles. The lowest BCUT2D eigenvalue weighted by molar-refractivity contribution is 0.0267. The van der Waals surface area contributed by atoms with Crippen LogP contribution in [0.5, 0.6) is 11.5 Å². The van der Waals surface area contributed by atoms with Crippen LogP contribution in [0.4, 0.5) is 0 Å². The maximum Gasteiger partial charge on any atom is 0.164 e. The van der Waals surface area contributed by atoms with Gasteiger partial charge in [0.05, 0.1) is 26.9 Å². The minimum absolute atomic E-state index is 0.0959. The van der Waals surface area contributed by atoms with Gasteiger partial charge in [0.2, 0.25) is 0 Å². The molecule has 0 aromatic heterocycles. The highest BCUT2D eigenvalue weighted by molar-refractivity contribution is 5.54. The lowest BCUT2D eigenvalue weighted by atomic mass is 9.95. The number of hydrogen-bond donors (Lipinski definition) is 1. The number of morpholine rings is 1. The van der Waals surface area contributed by atoms with Crippen molar-refractivity contribution in [2.75, 3.05) is 33.9 Å². The van der Waals surface area contributed by atoms with Crippen LogP contribution in [0.25, 0.3) is 0 Å². The number of hydrogen-bond acceptors (Lipinski definition) is 4. The number of aryl methyl sites for hydroxylation is 1. The van der Waals surface area contributed by atoms with Gasteiger partial charge < -0.3 is 19.5 Å². The van der Waals surface area contributed by atoms with Gasteiger partial charge in [-0.05, 0) is 31.0 Å². The van der Waals surface area contributed by atoms with Gasteiger partial charge in [-0.15, -0.1) is 0 Å². The van der Waals surface area contributed by atoms with Crippen molar-refractivity contribution in [3.05, 3.63) is 22.8 Å². The zero-order chi connectivity index (χ0) is 13.1. The van der Waals surface area contributed by atoms with Crippen LogP contribution in [0.1, 0.15) is 22.8 Å². The molecule has 4 heteroatoms. The first-order chi connectivity index (χ1) is 8.69. The second-order valence-corrected chi connectivity index (χ2v) is 4.53. The van der Waals surface area contributed by atoms with Gasteiger partial charge in [-0.2, -0.15) is 0 Å². The molecule has 0 saturated carbocycles. The maximum absolute atomic E-state index is 5.84. The number of rotatable bonds is 3. The van der Waals surface area contributed by atoms with Crippen molar-refractivity contribution >= 4 is 0 Å². The van der Waals surface area contributed by atoms with Crippen molar-refractivity contribution in [3.63, 3.8) is 0 Å². The molecule has 1 aromatic rings. The number of nitrogens with one attached hydrogen (secondary N) is 1. The van der Waals surface area contributed by atoms with E-state index < -0.39 is 0 Å². The average molecular weight is 251 g/mol. The topological polar surface area (TPSA) is 39.7 Å². The van der Waals surface area contributed by atoms with E-state index in [-0.39, 0.29) is 6.10 Å². The lowest BCUT2D eigenvalue weighted by Crippen LogP contribution is -2.34. The predicted molar refractivity (Wildman–Crippen MR) is 70.6 cm³/mol. The van der Waals surface area contributed by atoms with Crippen molar-refractivity contribution in [1.29, 1.82) is 0 Å². The number of ether oxygens (including phenoxy) is 3. The fourth-order valence-corrected chi connectivity index (χ4v) is 2.59.